The van der Waals surface area contributed by atoms with E-state index >= 15 is 0 Å². The molecule has 1 saturated carbocycles. The molecule has 1 aliphatic heterocycles. The first-order chi connectivity index (χ1) is 7.22. The molecule has 1 aliphatic carbocycles. The van der Waals surface area contributed by atoms with Crippen LogP contribution in [0.2, 0.25) is 0 Å². The molecular weight excluding hydrogens is 204 g/mol. The molecule has 92 valence electrons. The minimum Gasteiger partial charge on any atom is -0.393 e. The molecule has 0 bridgehead atoms. The molecular formula is C13H22O3. The van der Waals surface area contributed by atoms with Crippen molar-refractivity contribution in [2.45, 2.75) is 63.9 Å². The Labute approximate surface area is 97.1 Å². The minimum atomic E-state index is -0.453. The molecule has 2 aliphatic rings. The van der Waals surface area contributed by atoms with Crippen molar-refractivity contribution in [3.8, 4) is 0 Å². The Morgan fingerprint density at radius 2 is 1.94 bits per heavy atom. The Bertz CT molecular complexity index is 321. The van der Waals surface area contributed by atoms with Gasteiger partial charge >= 0.3 is 0 Å². The van der Waals surface area contributed by atoms with Gasteiger partial charge in [-0.15, -0.1) is 0 Å². The van der Waals surface area contributed by atoms with Crippen molar-refractivity contribution in [1.29, 1.82) is 0 Å². The highest BCUT2D eigenvalue weighted by Crippen LogP contribution is 2.65. The molecule has 0 aromatic rings. The molecule has 0 spiro atoms. The minimum absolute atomic E-state index is 0.0925. The lowest BCUT2D eigenvalue weighted by atomic mass is 9.63. The standard InChI is InChI=1S/C13H22O3/c1-9(14)5-6-13-11(2,3)7-10(15)8-12(13,4)16-13/h5-6,9-10,14-15H,7-8H2,1-4H3/t9-,10-,12+,13-/m0/s1. The van der Waals surface area contributed by atoms with Crippen molar-refractivity contribution in [1.82, 2.24) is 0 Å². The molecule has 0 aromatic heterocycles. The maximum atomic E-state index is 9.85. The maximum absolute atomic E-state index is 9.85. The zero-order valence-electron chi connectivity index (χ0n) is 10.5. The smallest absolute Gasteiger partial charge is 0.121 e. The van der Waals surface area contributed by atoms with E-state index in [1.54, 1.807) is 13.0 Å². The van der Waals surface area contributed by atoms with E-state index in [0.29, 0.717) is 6.42 Å². The first-order valence-electron chi connectivity index (χ1n) is 5.98. The van der Waals surface area contributed by atoms with Gasteiger partial charge in [0.05, 0.1) is 12.2 Å². The third kappa shape index (κ3) is 1.53. The number of ether oxygens (including phenoxy) is 1. The molecule has 0 aromatic carbocycles. The van der Waals surface area contributed by atoms with Gasteiger partial charge in [-0.3, -0.25) is 0 Å². The lowest BCUT2D eigenvalue weighted by Gasteiger charge is -2.39. The third-order valence-corrected chi connectivity index (χ3v) is 4.12. The predicted molar refractivity (Wildman–Crippen MR) is 62.1 cm³/mol. The first-order valence-corrected chi connectivity index (χ1v) is 5.98. The Morgan fingerprint density at radius 3 is 2.44 bits per heavy atom. The van der Waals surface area contributed by atoms with Crippen molar-refractivity contribution in [3.05, 3.63) is 12.2 Å². The second-order valence-electron chi connectivity index (χ2n) is 6.11. The van der Waals surface area contributed by atoms with Crippen LogP contribution in [0, 0.1) is 5.41 Å². The average Bonchev–Trinajstić information content (AvgIpc) is 2.67. The van der Waals surface area contributed by atoms with Crippen molar-refractivity contribution >= 4 is 0 Å². The van der Waals surface area contributed by atoms with Crippen LogP contribution in [0.4, 0.5) is 0 Å². The van der Waals surface area contributed by atoms with E-state index in [-0.39, 0.29) is 22.7 Å². The van der Waals surface area contributed by atoms with Gasteiger partial charge in [0.1, 0.15) is 11.2 Å². The summed E-state index contributed by atoms with van der Waals surface area (Å²) in [7, 11) is 0. The highest BCUT2D eigenvalue weighted by atomic mass is 16.6. The zero-order chi connectivity index (χ0) is 12.2. The first kappa shape index (κ1) is 12.1. The number of epoxide rings is 1. The topological polar surface area (TPSA) is 53.0 Å². The normalized spacial score (nSPS) is 47.8. The lowest BCUT2D eigenvalue weighted by molar-refractivity contribution is 0.0512. The fourth-order valence-corrected chi connectivity index (χ4v) is 3.35. The molecule has 0 amide bonds. The maximum Gasteiger partial charge on any atom is 0.121 e. The molecule has 0 unspecified atom stereocenters. The van der Waals surface area contributed by atoms with E-state index < -0.39 is 6.10 Å². The second kappa shape index (κ2) is 3.31. The quantitative estimate of drug-likeness (QED) is 0.556. The SMILES string of the molecule is C[C@H](O)C=C[C@@]12O[C@]1(C)C[C@@H](O)CC2(C)C. The van der Waals surface area contributed by atoms with E-state index in [1.807, 2.05) is 13.0 Å². The average molecular weight is 226 g/mol. The number of fused-ring (bicyclic) bond motifs is 1. The second-order valence-corrected chi connectivity index (χ2v) is 6.11. The summed E-state index contributed by atoms with van der Waals surface area (Å²) in [6, 6.07) is 0. The summed E-state index contributed by atoms with van der Waals surface area (Å²) in [6.07, 6.45) is 4.46. The van der Waals surface area contributed by atoms with Gasteiger partial charge in [-0.1, -0.05) is 26.0 Å². The molecule has 2 rings (SSSR count). The summed E-state index contributed by atoms with van der Waals surface area (Å²) in [5.41, 5.74) is -0.666. The Kier molecular flexibility index (Phi) is 2.50. The molecule has 3 nitrogen and oxygen atoms in total. The van der Waals surface area contributed by atoms with Crippen LogP contribution in [0.15, 0.2) is 12.2 Å². The van der Waals surface area contributed by atoms with E-state index in [1.165, 1.54) is 0 Å². The lowest BCUT2D eigenvalue weighted by Crippen LogP contribution is -2.46. The van der Waals surface area contributed by atoms with Crippen molar-refractivity contribution in [3.63, 3.8) is 0 Å². The summed E-state index contributed by atoms with van der Waals surface area (Å²) in [5, 5.41) is 19.2. The van der Waals surface area contributed by atoms with Crippen molar-refractivity contribution < 1.29 is 14.9 Å². The van der Waals surface area contributed by atoms with Crippen LogP contribution in [-0.4, -0.2) is 33.6 Å². The molecule has 1 heterocycles. The van der Waals surface area contributed by atoms with Crippen LogP contribution in [0.5, 0.6) is 0 Å². The van der Waals surface area contributed by atoms with Gasteiger partial charge in [-0.25, -0.2) is 0 Å². The van der Waals surface area contributed by atoms with Gasteiger partial charge in [0, 0.05) is 11.8 Å². The molecule has 2 fully saturated rings. The summed E-state index contributed by atoms with van der Waals surface area (Å²) in [4.78, 5) is 0. The Hall–Kier alpha value is -0.380. The van der Waals surface area contributed by atoms with Gasteiger partial charge < -0.3 is 14.9 Å². The van der Waals surface area contributed by atoms with E-state index in [0.717, 1.165) is 6.42 Å². The molecule has 2 N–H and O–H groups in total. The van der Waals surface area contributed by atoms with Crippen LogP contribution in [0.25, 0.3) is 0 Å². The fraction of sp³-hybridized carbons (Fsp3) is 0.846. The molecule has 0 radical (unpaired) electrons. The van der Waals surface area contributed by atoms with Crippen LogP contribution in [0.3, 0.4) is 0 Å². The van der Waals surface area contributed by atoms with E-state index in [2.05, 4.69) is 13.8 Å². The monoisotopic (exact) mass is 226 g/mol. The Balaban J connectivity index is 2.28. The summed E-state index contributed by atoms with van der Waals surface area (Å²) in [5.74, 6) is 0. The van der Waals surface area contributed by atoms with Crippen LogP contribution in [-0.2, 0) is 4.74 Å². The van der Waals surface area contributed by atoms with E-state index in [9.17, 15) is 10.2 Å². The van der Waals surface area contributed by atoms with Gasteiger partial charge in [-0.2, -0.15) is 0 Å². The van der Waals surface area contributed by atoms with Gasteiger partial charge in [0.15, 0.2) is 0 Å². The van der Waals surface area contributed by atoms with Crippen LogP contribution < -0.4 is 0 Å². The van der Waals surface area contributed by atoms with Crippen molar-refractivity contribution in [2.75, 3.05) is 0 Å². The van der Waals surface area contributed by atoms with Crippen LogP contribution in [0.1, 0.15) is 40.5 Å². The van der Waals surface area contributed by atoms with E-state index in [4.69, 9.17) is 4.74 Å². The number of hydrogen-bond donors (Lipinski definition) is 2. The van der Waals surface area contributed by atoms with Gasteiger partial charge in [-0.05, 0) is 20.3 Å². The highest BCUT2D eigenvalue weighted by Gasteiger charge is 2.74. The molecule has 3 heteroatoms. The third-order valence-electron chi connectivity index (χ3n) is 4.12. The van der Waals surface area contributed by atoms with Gasteiger partial charge in [0.25, 0.3) is 0 Å². The van der Waals surface area contributed by atoms with Crippen LogP contribution >= 0.6 is 0 Å². The number of rotatable bonds is 2. The summed E-state index contributed by atoms with van der Waals surface area (Å²) >= 11 is 0. The largest absolute Gasteiger partial charge is 0.393 e. The van der Waals surface area contributed by atoms with Crippen molar-refractivity contribution in [2.24, 2.45) is 5.41 Å². The Morgan fingerprint density at radius 1 is 1.31 bits per heavy atom. The molecule has 16 heavy (non-hydrogen) atoms. The predicted octanol–water partition coefficient (Wildman–Crippen LogP) is 1.63. The fourth-order valence-electron chi connectivity index (χ4n) is 3.35. The number of aliphatic hydroxyl groups is 2. The van der Waals surface area contributed by atoms with Gasteiger partial charge in [0.2, 0.25) is 0 Å². The highest BCUT2D eigenvalue weighted by molar-refractivity contribution is 5.32. The molecule has 1 saturated heterocycles. The summed E-state index contributed by atoms with van der Waals surface area (Å²) in [6.45, 7) is 8.01. The zero-order valence-corrected chi connectivity index (χ0v) is 10.5. The summed E-state index contributed by atoms with van der Waals surface area (Å²) < 4.78 is 5.93. The molecule has 4 atom stereocenters. The number of aliphatic hydroxyl groups excluding tert-OH is 2. The number of hydrogen-bond acceptors (Lipinski definition) is 3.